The maximum Gasteiger partial charge on any atom is 0.276 e. The molecule has 0 saturated carbocycles. The lowest BCUT2D eigenvalue weighted by Crippen LogP contribution is -2.38. The first-order valence-corrected chi connectivity index (χ1v) is 11.4. The van der Waals surface area contributed by atoms with Crippen LogP contribution in [0.1, 0.15) is 77.4 Å². The van der Waals surface area contributed by atoms with Crippen LogP contribution in [0.5, 0.6) is 5.75 Å². The Hall–Kier alpha value is -2.83. The summed E-state index contributed by atoms with van der Waals surface area (Å²) in [6.45, 7) is 7.09. The highest BCUT2D eigenvalue weighted by Gasteiger charge is 2.31. The summed E-state index contributed by atoms with van der Waals surface area (Å²) in [5.41, 5.74) is 1.05. The number of benzene rings is 1. The molecule has 0 radical (unpaired) electrons. The fourth-order valence-electron chi connectivity index (χ4n) is 4.46. The molecule has 2 fully saturated rings. The minimum atomic E-state index is -0.0210. The summed E-state index contributed by atoms with van der Waals surface area (Å²) in [7, 11) is 0. The van der Waals surface area contributed by atoms with Crippen LogP contribution in [0, 0.1) is 6.92 Å². The van der Waals surface area contributed by atoms with E-state index in [-0.39, 0.29) is 17.7 Å². The second kappa shape index (κ2) is 9.54. The number of oxazole rings is 1. The molecule has 7 heteroatoms. The molecule has 2 amide bonds. The van der Waals surface area contributed by atoms with Crippen LogP contribution < -0.4 is 4.74 Å². The van der Waals surface area contributed by atoms with Gasteiger partial charge in [0.2, 0.25) is 0 Å². The third-order valence-corrected chi connectivity index (χ3v) is 6.21. The first-order valence-electron chi connectivity index (χ1n) is 11.4. The van der Waals surface area contributed by atoms with Gasteiger partial charge in [0.25, 0.3) is 11.8 Å². The van der Waals surface area contributed by atoms with E-state index in [0.717, 1.165) is 38.8 Å². The van der Waals surface area contributed by atoms with Crippen LogP contribution >= 0.6 is 0 Å². The van der Waals surface area contributed by atoms with Crippen molar-refractivity contribution >= 4 is 11.8 Å². The summed E-state index contributed by atoms with van der Waals surface area (Å²) in [6.07, 6.45) is 4.81. The van der Waals surface area contributed by atoms with Crippen molar-refractivity contribution in [2.24, 2.45) is 0 Å². The Balaban J connectivity index is 1.40. The van der Waals surface area contributed by atoms with E-state index in [9.17, 15) is 9.59 Å². The average Bonchev–Trinajstić information content (AvgIpc) is 3.21. The smallest absolute Gasteiger partial charge is 0.276 e. The molecular weight excluding hydrogens is 394 g/mol. The van der Waals surface area contributed by atoms with Gasteiger partial charge in [-0.25, -0.2) is 4.98 Å². The van der Waals surface area contributed by atoms with Gasteiger partial charge in [0.1, 0.15) is 11.5 Å². The highest BCUT2D eigenvalue weighted by Crippen LogP contribution is 2.31. The molecule has 0 atom stereocenters. The van der Waals surface area contributed by atoms with E-state index < -0.39 is 0 Å². The van der Waals surface area contributed by atoms with Gasteiger partial charge in [-0.1, -0.05) is 12.1 Å². The van der Waals surface area contributed by atoms with E-state index in [2.05, 4.69) is 4.98 Å². The van der Waals surface area contributed by atoms with E-state index in [1.807, 2.05) is 47.9 Å². The van der Waals surface area contributed by atoms with Crippen LogP contribution in [0.2, 0.25) is 0 Å². The number of hydrogen-bond donors (Lipinski definition) is 0. The van der Waals surface area contributed by atoms with Gasteiger partial charge >= 0.3 is 0 Å². The number of carbonyl (C=O) groups is 2. The monoisotopic (exact) mass is 425 g/mol. The SMILES string of the molecule is CCOc1ccccc1C(=O)N1CCC(c2nc(C(=O)N3CCCCC3)c(C)o2)CC1. The summed E-state index contributed by atoms with van der Waals surface area (Å²) in [6, 6.07) is 7.38. The Kier molecular flexibility index (Phi) is 6.59. The van der Waals surface area contributed by atoms with Crippen molar-refractivity contribution in [3.05, 3.63) is 47.2 Å². The van der Waals surface area contributed by atoms with E-state index >= 15 is 0 Å². The standard InChI is InChI=1S/C24H31N3O4/c1-3-30-20-10-6-5-9-19(20)23(28)27-15-11-18(12-16-27)22-25-21(17(2)31-22)24(29)26-13-7-4-8-14-26/h5-6,9-10,18H,3-4,7-8,11-16H2,1-2H3. The zero-order valence-electron chi connectivity index (χ0n) is 18.4. The molecule has 4 rings (SSSR count). The molecule has 2 aliphatic rings. The Morgan fingerprint density at radius 1 is 1.03 bits per heavy atom. The van der Waals surface area contributed by atoms with Crippen LogP contribution in [-0.2, 0) is 0 Å². The van der Waals surface area contributed by atoms with Gasteiger partial charge in [0, 0.05) is 32.1 Å². The molecule has 0 aliphatic carbocycles. The maximum absolute atomic E-state index is 13.0. The highest BCUT2D eigenvalue weighted by atomic mass is 16.5. The van der Waals surface area contributed by atoms with Crippen molar-refractivity contribution in [2.45, 2.75) is 51.9 Å². The van der Waals surface area contributed by atoms with Crippen LogP contribution in [0.4, 0.5) is 0 Å². The third kappa shape index (κ3) is 4.60. The zero-order chi connectivity index (χ0) is 21.8. The lowest BCUT2D eigenvalue weighted by Gasteiger charge is -2.31. The summed E-state index contributed by atoms with van der Waals surface area (Å²) in [5.74, 6) is 1.93. The number of para-hydroxylation sites is 1. The Bertz CT molecular complexity index is 925. The van der Waals surface area contributed by atoms with Gasteiger partial charge < -0.3 is 19.0 Å². The molecular formula is C24H31N3O4. The first-order chi connectivity index (χ1) is 15.1. The Morgan fingerprint density at radius 3 is 2.42 bits per heavy atom. The summed E-state index contributed by atoms with van der Waals surface area (Å²) < 4.78 is 11.5. The predicted octanol–water partition coefficient (Wildman–Crippen LogP) is 4.03. The van der Waals surface area contributed by atoms with Crippen molar-refractivity contribution in [1.29, 1.82) is 0 Å². The summed E-state index contributed by atoms with van der Waals surface area (Å²) >= 11 is 0. The van der Waals surface area contributed by atoms with Gasteiger partial charge in [-0.15, -0.1) is 0 Å². The number of nitrogens with zero attached hydrogens (tertiary/aromatic N) is 3. The molecule has 166 valence electrons. The number of hydrogen-bond acceptors (Lipinski definition) is 5. The van der Waals surface area contributed by atoms with E-state index in [1.165, 1.54) is 6.42 Å². The molecule has 1 aromatic heterocycles. The van der Waals surface area contributed by atoms with Crippen LogP contribution in [-0.4, -0.2) is 59.4 Å². The molecule has 2 aliphatic heterocycles. The second-order valence-corrected chi connectivity index (χ2v) is 8.31. The molecule has 0 bridgehead atoms. The van der Waals surface area contributed by atoms with Gasteiger partial charge in [0.15, 0.2) is 11.6 Å². The van der Waals surface area contributed by atoms with Crippen molar-refractivity contribution in [3.8, 4) is 5.75 Å². The van der Waals surface area contributed by atoms with Gasteiger partial charge in [-0.2, -0.15) is 0 Å². The lowest BCUT2D eigenvalue weighted by atomic mass is 9.96. The van der Waals surface area contributed by atoms with Gasteiger partial charge in [-0.05, 0) is 58.1 Å². The number of aryl methyl sites for hydroxylation is 1. The molecule has 0 N–H and O–H groups in total. The number of ether oxygens (including phenoxy) is 1. The fourth-order valence-corrected chi connectivity index (χ4v) is 4.46. The summed E-state index contributed by atoms with van der Waals surface area (Å²) in [5, 5.41) is 0. The number of amides is 2. The largest absolute Gasteiger partial charge is 0.493 e. The van der Waals surface area contributed by atoms with E-state index in [1.54, 1.807) is 0 Å². The number of rotatable bonds is 5. The fraction of sp³-hybridized carbons (Fsp3) is 0.542. The number of piperidine rings is 2. The van der Waals surface area contributed by atoms with E-state index in [0.29, 0.717) is 48.4 Å². The summed E-state index contributed by atoms with van der Waals surface area (Å²) in [4.78, 5) is 34.2. The zero-order valence-corrected chi connectivity index (χ0v) is 18.4. The molecule has 2 saturated heterocycles. The lowest BCUT2D eigenvalue weighted by molar-refractivity contribution is 0.0700. The topological polar surface area (TPSA) is 75.9 Å². The minimum absolute atomic E-state index is 0.00736. The third-order valence-electron chi connectivity index (χ3n) is 6.21. The number of carbonyl (C=O) groups excluding carboxylic acids is 2. The Morgan fingerprint density at radius 2 is 1.71 bits per heavy atom. The predicted molar refractivity (Wildman–Crippen MR) is 116 cm³/mol. The molecule has 0 spiro atoms. The van der Waals surface area contributed by atoms with Gasteiger partial charge in [-0.3, -0.25) is 9.59 Å². The van der Waals surface area contributed by atoms with Crippen molar-refractivity contribution in [1.82, 2.24) is 14.8 Å². The molecule has 7 nitrogen and oxygen atoms in total. The van der Waals surface area contributed by atoms with E-state index in [4.69, 9.17) is 9.15 Å². The molecule has 2 aromatic rings. The number of likely N-dealkylation sites (tertiary alicyclic amines) is 2. The van der Waals surface area contributed by atoms with Gasteiger partial charge in [0.05, 0.1) is 12.2 Å². The normalized spacial score (nSPS) is 17.6. The number of aromatic nitrogens is 1. The van der Waals surface area contributed by atoms with Crippen molar-refractivity contribution in [2.75, 3.05) is 32.8 Å². The minimum Gasteiger partial charge on any atom is -0.493 e. The molecule has 31 heavy (non-hydrogen) atoms. The average molecular weight is 426 g/mol. The molecule has 0 unspecified atom stereocenters. The van der Waals surface area contributed by atoms with Crippen molar-refractivity contribution < 1.29 is 18.7 Å². The highest BCUT2D eigenvalue weighted by molar-refractivity contribution is 5.97. The second-order valence-electron chi connectivity index (χ2n) is 8.31. The molecule has 3 heterocycles. The quantitative estimate of drug-likeness (QED) is 0.723. The van der Waals surface area contributed by atoms with Crippen molar-refractivity contribution in [3.63, 3.8) is 0 Å². The van der Waals surface area contributed by atoms with Crippen LogP contribution in [0.25, 0.3) is 0 Å². The molecule has 1 aromatic carbocycles. The first kappa shape index (κ1) is 21.4. The van der Waals surface area contributed by atoms with Crippen LogP contribution in [0.3, 0.4) is 0 Å². The maximum atomic E-state index is 13.0. The van der Waals surface area contributed by atoms with Crippen LogP contribution in [0.15, 0.2) is 28.7 Å². The Labute approximate surface area is 183 Å².